The number of ether oxygens (including phenoxy) is 1. The van der Waals surface area contributed by atoms with Gasteiger partial charge >= 0.3 is 6.03 Å². The third-order valence-corrected chi connectivity index (χ3v) is 4.37. The van der Waals surface area contributed by atoms with Gasteiger partial charge in [0.05, 0.1) is 30.3 Å². The van der Waals surface area contributed by atoms with Gasteiger partial charge in [0.2, 0.25) is 0 Å². The molecule has 1 atom stereocenters. The quantitative estimate of drug-likeness (QED) is 0.925. The normalized spacial score (nSPS) is 23.4. The van der Waals surface area contributed by atoms with Gasteiger partial charge in [-0.05, 0) is 20.3 Å². The van der Waals surface area contributed by atoms with Crippen LogP contribution in [0.5, 0.6) is 0 Å². The van der Waals surface area contributed by atoms with Crippen LogP contribution in [0.15, 0.2) is 6.20 Å². The summed E-state index contributed by atoms with van der Waals surface area (Å²) in [5.74, 6) is 0. The molecule has 0 aliphatic carbocycles. The molecule has 1 fully saturated rings. The Balaban J connectivity index is 1.86. The number of aryl methyl sites for hydroxylation is 1. The maximum absolute atomic E-state index is 12.1. The number of carbonyl (C=O) groups excluding carboxylic acids is 1. The van der Waals surface area contributed by atoms with Crippen LogP contribution in [0.3, 0.4) is 0 Å². The third-order valence-electron chi connectivity index (χ3n) is 3.46. The standard InChI is InChI=1S/C13H21N3O2S/c1-4-13(3)9-16(5-6-18-13)12(17)15-8-11-7-14-10(2)19-11/h7H,4-6,8-9H2,1-3H3,(H,15,17)/t13-/m0/s1. The second-order valence-electron chi connectivity index (χ2n) is 5.08. The van der Waals surface area contributed by atoms with Crippen molar-refractivity contribution in [3.8, 4) is 0 Å². The Morgan fingerprint density at radius 2 is 2.47 bits per heavy atom. The van der Waals surface area contributed by atoms with E-state index in [4.69, 9.17) is 4.74 Å². The summed E-state index contributed by atoms with van der Waals surface area (Å²) in [6.07, 6.45) is 2.72. The van der Waals surface area contributed by atoms with Crippen LogP contribution in [0, 0.1) is 6.92 Å². The van der Waals surface area contributed by atoms with Crippen molar-refractivity contribution in [1.29, 1.82) is 0 Å². The predicted octanol–water partition coefficient (Wildman–Crippen LogP) is 2.16. The molecule has 0 bridgehead atoms. The molecular weight excluding hydrogens is 262 g/mol. The number of hydrogen-bond donors (Lipinski definition) is 1. The maximum Gasteiger partial charge on any atom is 0.317 e. The third kappa shape index (κ3) is 3.67. The Bertz CT molecular complexity index is 449. The highest BCUT2D eigenvalue weighted by atomic mass is 32.1. The lowest BCUT2D eigenvalue weighted by molar-refractivity contribution is -0.0872. The van der Waals surface area contributed by atoms with Gasteiger partial charge in [-0.25, -0.2) is 9.78 Å². The maximum atomic E-state index is 12.1. The molecule has 2 rings (SSSR count). The number of amides is 2. The van der Waals surface area contributed by atoms with Gasteiger partial charge in [0, 0.05) is 17.6 Å². The SMILES string of the molecule is CC[C@@]1(C)CN(C(=O)NCc2cnc(C)s2)CCO1. The molecule has 2 amide bonds. The van der Waals surface area contributed by atoms with E-state index in [1.54, 1.807) is 11.3 Å². The van der Waals surface area contributed by atoms with Crippen molar-refractivity contribution < 1.29 is 9.53 Å². The van der Waals surface area contributed by atoms with Gasteiger partial charge in [-0.15, -0.1) is 11.3 Å². The van der Waals surface area contributed by atoms with E-state index in [1.165, 1.54) is 0 Å². The van der Waals surface area contributed by atoms with Gasteiger partial charge < -0.3 is 15.0 Å². The van der Waals surface area contributed by atoms with Gasteiger partial charge in [-0.2, -0.15) is 0 Å². The Labute approximate surface area is 118 Å². The second kappa shape index (κ2) is 5.88. The number of hydrogen-bond acceptors (Lipinski definition) is 4. The highest BCUT2D eigenvalue weighted by Crippen LogP contribution is 2.21. The number of carbonyl (C=O) groups is 1. The molecule has 1 aromatic rings. The molecule has 1 N–H and O–H groups in total. The van der Waals surface area contributed by atoms with E-state index >= 15 is 0 Å². The minimum Gasteiger partial charge on any atom is -0.372 e. The van der Waals surface area contributed by atoms with Crippen molar-refractivity contribution in [3.05, 3.63) is 16.1 Å². The summed E-state index contributed by atoms with van der Waals surface area (Å²) in [4.78, 5) is 19.2. The van der Waals surface area contributed by atoms with Gasteiger partial charge in [-0.1, -0.05) is 6.92 Å². The van der Waals surface area contributed by atoms with Crippen molar-refractivity contribution in [2.75, 3.05) is 19.7 Å². The average molecular weight is 283 g/mol. The molecule has 106 valence electrons. The fourth-order valence-electron chi connectivity index (χ4n) is 2.08. The minimum atomic E-state index is -0.212. The topological polar surface area (TPSA) is 54.5 Å². The number of nitrogens with zero attached hydrogens (tertiary/aromatic N) is 2. The van der Waals surface area contributed by atoms with Crippen LogP contribution in [-0.2, 0) is 11.3 Å². The smallest absolute Gasteiger partial charge is 0.317 e. The number of nitrogens with one attached hydrogen (secondary N) is 1. The van der Waals surface area contributed by atoms with Gasteiger partial charge in [0.15, 0.2) is 0 Å². The molecule has 1 aliphatic rings. The first-order chi connectivity index (χ1) is 9.02. The van der Waals surface area contributed by atoms with Crippen LogP contribution in [0.4, 0.5) is 4.79 Å². The van der Waals surface area contributed by atoms with Crippen LogP contribution in [0.1, 0.15) is 30.2 Å². The molecule has 1 aromatic heterocycles. The summed E-state index contributed by atoms with van der Waals surface area (Å²) in [5.41, 5.74) is -0.212. The number of aromatic nitrogens is 1. The molecule has 0 unspecified atom stereocenters. The summed E-state index contributed by atoms with van der Waals surface area (Å²) in [6, 6.07) is -0.0194. The Morgan fingerprint density at radius 1 is 1.68 bits per heavy atom. The first kappa shape index (κ1) is 14.3. The van der Waals surface area contributed by atoms with Crippen LogP contribution in [0.2, 0.25) is 0 Å². The fraction of sp³-hybridized carbons (Fsp3) is 0.692. The first-order valence-electron chi connectivity index (χ1n) is 6.60. The summed E-state index contributed by atoms with van der Waals surface area (Å²) in [6.45, 7) is 8.56. The van der Waals surface area contributed by atoms with Crippen LogP contribution >= 0.6 is 11.3 Å². The molecule has 0 radical (unpaired) electrons. The first-order valence-corrected chi connectivity index (χ1v) is 7.42. The molecule has 19 heavy (non-hydrogen) atoms. The summed E-state index contributed by atoms with van der Waals surface area (Å²) in [5, 5.41) is 3.97. The molecular formula is C13H21N3O2S. The number of urea groups is 1. The van der Waals surface area contributed by atoms with Crippen molar-refractivity contribution in [3.63, 3.8) is 0 Å². The summed E-state index contributed by atoms with van der Waals surface area (Å²) in [7, 11) is 0. The second-order valence-corrected chi connectivity index (χ2v) is 6.40. The zero-order valence-corrected chi connectivity index (χ0v) is 12.5. The molecule has 1 aliphatic heterocycles. The van der Waals surface area contributed by atoms with Crippen molar-refractivity contribution in [1.82, 2.24) is 15.2 Å². The zero-order valence-electron chi connectivity index (χ0n) is 11.7. The highest BCUT2D eigenvalue weighted by Gasteiger charge is 2.32. The van der Waals surface area contributed by atoms with E-state index in [2.05, 4.69) is 24.1 Å². The zero-order chi connectivity index (χ0) is 13.9. The van der Waals surface area contributed by atoms with E-state index < -0.39 is 0 Å². The largest absolute Gasteiger partial charge is 0.372 e. The number of thiazole rings is 1. The monoisotopic (exact) mass is 283 g/mol. The van der Waals surface area contributed by atoms with Crippen molar-refractivity contribution in [2.45, 2.75) is 39.3 Å². The molecule has 0 spiro atoms. The van der Waals surface area contributed by atoms with Gasteiger partial charge in [0.25, 0.3) is 0 Å². The Morgan fingerprint density at radius 3 is 3.11 bits per heavy atom. The fourth-order valence-corrected chi connectivity index (χ4v) is 2.81. The molecule has 2 heterocycles. The Kier molecular flexibility index (Phi) is 4.42. The van der Waals surface area contributed by atoms with Crippen LogP contribution in [0.25, 0.3) is 0 Å². The van der Waals surface area contributed by atoms with Crippen molar-refractivity contribution >= 4 is 17.4 Å². The molecule has 0 aromatic carbocycles. The van der Waals surface area contributed by atoms with E-state index in [0.29, 0.717) is 26.2 Å². The molecule has 6 heteroatoms. The van der Waals surface area contributed by atoms with Gasteiger partial charge in [-0.3, -0.25) is 0 Å². The molecule has 5 nitrogen and oxygen atoms in total. The molecule has 0 saturated carbocycles. The van der Waals surface area contributed by atoms with E-state index in [1.807, 2.05) is 18.0 Å². The lowest BCUT2D eigenvalue weighted by atomic mass is 10.0. The summed E-state index contributed by atoms with van der Waals surface area (Å²) >= 11 is 1.61. The lowest BCUT2D eigenvalue weighted by Gasteiger charge is -2.39. The minimum absolute atomic E-state index is 0.0194. The Hall–Kier alpha value is -1.14. The van der Waals surface area contributed by atoms with Crippen LogP contribution in [-0.4, -0.2) is 41.2 Å². The average Bonchev–Trinajstić information content (AvgIpc) is 2.82. The number of rotatable bonds is 3. The van der Waals surface area contributed by atoms with Gasteiger partial charge in [0.1, 0.15) is 0 Å². The number of morpholine rings is 1. The van der Waals surface area contributed by atoms with Crippen LogP contribution < -0.4 is 5.32 Å². The van der Waals surface area contributed by atoms with E-state index in [-0.39, 0.29) is 11.6 Å². The van der Waals surface area contributed by atoms with E-state index in [0.717, 1.165) is 16.3 Å². The highest BCUT2D eigenvalue weighted by molar-refractivity contribution is 7.11. The predicted molar refractivity (Wildman–Crippen MR) is 75.3 cm³/mol. The molecule has 1 saturated heterocycles. The van der Waals surface area contributed by atoms with Crippen molar-refractivity contribution in [2.24, 2.45) is 0 Å². The summed E-state index contributed by atoms with van der Waals surface area (Å²) < 4.78 is 5.73. The van der Waals surface area contributed by atoms with E-state index in [9.17, 15) is 4.79 Å². The lowest BCUT2D eigenvalue weighted by Crippen LogP contribution is -2.54.